The fraction of sp³-hybridized carbons (Fsp3) is 0.333. The first-order valence-electron chi connectivity index (χ1n) is 6.99. The van der Waals surface area contributed by atoms with Crippen molar-refractivity contribution in [3.63, 3.8) is 0 Å². The lowest BCUT2D eigenvalue weighted by atomic mass is 10.1. The molecular weight excluding hydrogens is 320 g/mol. The molecule has 0 saturated heterocycles. The fourth-order valence-corrected chi connectivity index (χ4v) is 4.11. The molecular formula is C15H16N2O3S2. The van der Waals surface area contributed by atoms with Gasteiger partial charge < -0.3 is 5.32 Å². The Bertz CT molecular complexity index is 853. The van der Waals surface area contributed by atoms with E-state index in [4.69, 9.17) is 0 Å². The highest BCUT2D eigenvalue weighted by atomic mass is 32.2. The van der Waals surface area contributed by atoms with Gasteiger partial charge in [-0.05, 0) is 37.0 Å². The molecule has 1 atom stereocenters. The number of benzene rings is 1. The average molecular weight is 336 g/mol. The van der Waals surface area contributed by atoms with Crippen molar-refractivity contribution >= 4 is 42.4 Å². The van der Waals surface area contributed by atoms with E-state index in [9.17, 15) is 13.2 Å². The van der Waals surface area contributed by atoms with Crippen molar-refractivity contribution in [2.24, 2.45) is 5.92 Å². The van der Waals surface area contributed by atoms with Crippen LogP contribution in [-0.4, -0.2) is 25.6 Å². The molecule has 0 aliphatic heterocycles. The number of amides is 1. The van der Waals surface area contributed by atoms with Gasteiger partial charge in [0.1, 0.15) is 0 Å². The lowest BCUT2D eigenvalue weighted by molar-refractivity contribution is -0.116. The van der Waals surface area contributed by atoms with E-state index in [0.717, 1.165) is 17.5 Å². The molecule has 0 fully saturated rings. The quantitative estimate of drug-likeness (QED) is 0.871. The van der Waals surface area contributed by atoms with Gasteiger partial charge in [-0.2, -0.15) is 0 Å². The summed E-state index contributed by atoms with van der Waals surface area (Å²) in [5.74, 6) is 0.255. The number of hydrogen-bond acceptors (Lipinski definition) is 5. The Morgan fingerprint density at radius 2 is 2.27 bits per heavy atom. The van der Waals surface area contributed by atoms with Crippen LogP contribution < -0.4 is 5.32 Å². The third kappa shape index (κ3) is 3.36. The highest BCUT2D eigenvalue weighted by molar-refractivity contribution is 7.90. The molecule has 1 amide bonds. The minimum atomic E-state index is -3.24. The molecule has 116 valence electrons. The highest BCUT2D eigenvalue weighted by Crippen LogP contribution is 2.29. The van der Waals surface area contributed by atoms with E-state index >= 15 is 0 Å². The fourth-order valence-electron chi connectivity index (χ4n) is 2.46. The van der Waals surface area contributed by atoms with Crippen molar-refractivity contribution in [1.29, 1.82) is 0 Å². The predicted molar refractivity (Wildman–Crippen MR) is 87.8 cm³/mol. The van der Waals surface area contributed by atoms with Gasteiger partial charge in [0.2, 0.25) is 5.91 Å². The Morgan fingerprint density at radius 3 is 2.95 bits per heavy atom. The number of carbonyl (C=O) groups excluding carboxylic acids is 1. The monoisotopic (exact) mass is 336 g/mol. The zero-order valence-corrected chi connectivity index (χ0v) is 13.7. The van der Waals surface area contributed by atoms with Crippen molar-refractivity contribution in [2.45, 2.75) is 24.2 Å². The van der Waals surface area contributed by atoms with Gasteiger partial charge in [-0.3, -0.25) is 4.79 Å². The molecule has 0 saturated carbocycles. The largest absolute Gasteiger partial charge is 0.302 e. The smallest absolute Gasteiger partial charge is 0.226 e. The van der Waals surface area contributed by atoms with Crippen LogP contribution in [0.3, 0.4) is 0 Å². The molecule has 5 nitrogen and oxygen atoms in total. The molecule has 0 bridgehead atoms. The van der Waals surface area contributed by atoms with Crippen LogP contribution >= 0.6 is 11.3 Å². The van der Waals surface area contributed by atoms with Crippen LogP contribution in [0.5, 0.6) is 0 Å². The molecule has 0 radical (unpaired) electrons. The summed E-state index contributed by atoms with van der Waals surface area (Å²) in [6, 6.07) is 4.79. The maximum Gasteiger partial charge on any atom is 0.226 e. The second kappa shape index (κ2) is 5.81. The summed E-state index contributed by atoms with van der Waals surface area (Å²) >= 11 is 1.29. The number of nitrogens with one attached hydrogen (secondary N) is 1. The van der Waals surface area contributed by atoms with Crippen LogP contribution in [0.2, 0.25) is 0 Å². The van der Waals surface area contributed by atoms with Gasteiger partial charge in [0, 0.05) is 12.7 Å². The lowest BCUT2D eigenvalue weighted by Crippen LogP contribution is -2.14. The normalized spacial score (nSPS) is 18.0. The number of hydrogen-bond donors (Lipinski definition) is 1. The third-order valence-corrected chi connectivity index (χ3v) is 5.64. The summed E-state index contributed by atoms with van der Waals surface area (Å²) in [6.07, 6.45) is 7.87. The van der Waals surface area contributed by atoms with Crippen LogP contribution in [0.4, 0.5) is 5.13 Å². The molecule has 3 rings (SSSR count). The van der Waals surface area contributed by atoms with Crippen LogP contribution in [0, 0.1) is 5.92 Å². The number of nitrogens with zero attached hydrogens (tertiary/aromatic N) is 1. The van der Waals surface area contributed by atoms with Crippen LogP contribution in [0.1, 0.15) is 19.3 Å². The van der Waals surface area contributed by atoms with Crippen LogP contribution in [0.25, 0.3) is 10.2 Å². The Balaban J connectivity index is 1.77. The summed E-state index contributed by atoms with van der Waals surface area (Å²) in [7, 11) is -3.24. The Hall–Kier alpha value is -1.73. The van der Waals surface area contributed by atoms with E-state index in [1.807, 2.05) is 0 Å². The van der Waals surface area contributed by atoms with Crippen LogP contribution in [0.15, 0.2) is 35.2 Å². The van der Waals surface area contributed by atoms with Gasteiger partial charge in [-0.15, -0.1) is 0 Å². The molecule has 1 aliphatic rings. The first-order valence-corrected chi connectivity index (χ1v) is 9.70. The summed E-state index contributed by atoms with van der Waals surface area (Å²) in [5.41, 5.74) is 0.688. The minimum absolute atomic E-state index is 0.0565. The summed E-state index contributed by atoms with van der Waals surface area (Å²) in [4.78, 5) is 16.6. The topological polar surface area (TPSA) is 76.1 Å². The predicted octanol–water partition coefficient (Wildman–Crippen LogP) is 2.99. The van der Waals surface area contributed by atoms with E-state index in [1.54, 1.807) is 12.1 Å². The molecule has 1 heterocycles. The number of fused-ring (bicyclic) bond motifs is 1. The van der Waals surface area contributed by atoms with Crippen molar-refractivity contribution in [1.82, 2.24) is 4.98 Å². The van der Waals surface area contributed by atoms with Crippen molar-refractivity contribution < 1.29 is 13.2 Å². The standard InChI is InChI=1S/C15H16N2O3S2/c1-22(19,20)11-6-7-12-13(9-11)21-15(16-12)17-14(18)8-10-4-2-3-5-10/h2,4,6-7,9-10H,3,5,8H2,1H3,(H,16,17,18)/t10-/m0/s1. The average Bonchev–Trinajstić information content (AvgIpc) is 3.04. The molecule has 0 unspecified atom stereocenters. The minimum Gasteiger partial charge on any atom is -0.302 e. The van der Waals surface area contributed by atoms with Crippen molar-refractivity contribution in [3.05, 3.63) is 30.4 Å². The number of sulfone groups is 1. The van der Waals surface area contributed by atoms with Crippen LogP contribution in [-0.2, 0) is 14.6 Å². The first kappa shape index (κ1) is 15.2. The number of carbonyl (C=O) groups is 1. The van der Waals surface area contributed by atoms with E-state index in [0.29, 0.717) is 23.0 Å². The number of anilines is 1. The first-order chi connectivity index (χ1) is 10.4. The molecule has 1 aliphatic carbocycles. The van der Waals surface area contributed by atoms with Gasteiger partial charge in [-0.1, -0.05) is 23.5 Å². The van der Waals surface area contributed by atoms with Gasteiger partial charge in [0.25, 0.3) is 0 Å². The maximum absolute atomic E-state index is 12.0. The third-order valence-electron chi connectivity index (χ3n) is 3.59. The second-order valence-electron chi connectivity index (χ2n) is 5.44. The van der Waals surface area contributed by atoms with Crippen molar-refractivity contribution in [2.75, 3.05) is 11.6 Å². The van der Waals surface area contributed by atoms with Gasteiger partial charge in [-0.25, -0.2) is 13.4 Å². The lowest BCUT2D eigenvalue weighted by Gasteiger charge is -2.06. The van der Waals surface area contributed by atoms with Gasteiger partial charge >= 0.3 is 0 Å². The highest BCUT2D eigenvalue weighted by Gasteiger charge is 2.16. The molecule has 1 aromatic heterocycles. The molecule has 7 heteroatoms. The number of aromatic nitrogens is 1. The van der Waals surface area contributed by atoms with Crippen molar-refractivity contribution in [3.8, 4) is 0 Å². The number of thiazole rings is 1. The summed E-state index contributed by atoms with van der Waals surface area (Å²) in [6.45, 7) is 0. The SMILES string of the molecule is CS(=O)(=O)c1ccc2nc(NC(=O)C[C@H]3C=CCC3)sc2c1. The van der Waals surface area contributed by atoms with E-state index < -0.39 is 9.84 Å². The molecule has 1 aromatic carbocycles. The number of rotatable bonds is 4. The second-order valence-corrected chi connectivity index (χ2v) is 8.48. The number of allylic oxidation sites excluding steroid dienone is 2. The van der Waals surface area contributed by atoms with E-state index in [2.05, 4.69) is 22.5 Å². The molecule has 0 spiro atoms. The van der Waals surface area contributed by atoms with Gasteiger partial charge in [0.15, 0.2) is 15.0 Å². The Morgan fingerprint density at radius 1 is 1.45 bits per heavy atom. The zero-order valence-electron chi connectivity index (χ0n) is 12.1. The van der Waals surface area contributed by atoms with E-state index in [-0.39, 0.29) is 10.8 Å². The molecule has 2 aromatic rings. The zero-order chi connectivity index (χ0) is 15.7. The summed E-state index contributed by atoms with van der Waals surface area (Å²) < 4.78 is 23.9. The molecule has 22 heavy (non-hydrogen) atoms. The Kier molecular flexibility index (Phi) is 4.01. The van der Waals surface area contributed by atoms with E-state index in [1.165, 1.54) is 23.7 Å². The van der Waals surface area contributed by atoms with Gasteiger partial charge in [0.05, 0.1) is 15.1 Å². The Labute approximate surface area is 133 Å². The maximum atomic E-state index is 12.0. The molecule has 1 N–H and O–H groups in total. The summed E-state index contributed by atoms with van der Waals surface area (Å²) in [5, 5.41) is 3.31.